The highest BCUT2D eigenvalue weighted by molar-refractivity contribution is 6.34. The van der Waals surface area contributed by atoms with E-state index >= 15 is 0 Å². The van der Waals surface area contributed by atoms with Gasteiger partial charge in [0, 0.05) is 13.1 Å². The van der Waals surface area contributed by atoms with E-state index in [4.69, 9.17) is 11.6 Å². The SMILES string of the molecule is CCCC1CCCN(c2c(Cl)cccc2C(=O)O)CC1. The van der Waals surface area contributed by atoms with Crippen LogP contribution in [0, 0.1) is 5.92 Å². The van der Waals surface area contributed by atoms with E-state index < -0.39 is 5.97 Å². The Labute approximate surface area is 125 Å². The van der Waals surface area contributed by atoms with Crippen LogP contribution >= 0.6 is 11.6 Å². The number of halogens is 1. The second-order valence-corrected chi connectivity index (χ2v) is 5.92. The van der Waals surface area contributed by atoms with Gasteiger partial charge in [0.25, 0.3) is 0 Å². The van der Waals surface area contributed by atoms with Gasteiger partial charge >= 0.3 is 5.97 Å². The quantitative estimate of drug-likeness (QED) is 0.892. The molecule has 1 aliphatic rings. The normalized spacial score (nSPS) is 19.7. The van der Waals surface area contributed by atoms with E-state index in [1.165, 1.54) is 19.3 Å². The summed E-state index contributed by atoms with van der Waals surface area (Å²) in [7, 11) is 0. The first-order valence-corrected chi connectivity index (χ1v) is 7.78. The van der Waals surface area contributed by atoms with Crippen LogP contribution in [0.2, 0.25) is 5.02 Å². The maximum atomic E-state index is 11.4. The van der Waals surface area contributed by atoms with Crippen LogP contribution in [0.3, 0.4) is 0 Å². The van der Waals surface area contributed by atoms with Crippen molar-refractivity contribution in [3.8, 4) is 0 Å². The maximum absolute atomic E-state index is 11.4. The van der Waals surface area contributed by atoms with E-state index in [0.717, 1.165) is 31.8 Å². The van der Waals surface area contributed by atoms with Crippen LogP contribution < -0.4 is 4.90 Å². The van der Waals surface area contributed by atoms with Crippen molar-refractivity contribution in [1.29, 1.82) is 0 Å². The molecule has 20 heavy (non-hydrogen) atoms. The molecule has 0 amide bonds. The van der Waals surface area contributed by atoms with Crippen LogP contribution in [-0.4, -0.2) is 24.2 Å². The Morgan fingerprint density at radius 3 is 2.90 bits per heavy atom. The van der Waals surface area contributed by atoms with Crippen molar-refractivity contribution in [1.82, 2.24) is 0 Å². The third-order valence-corrected chi connectivity index (χ3v) is 4.38. The zero-order valence-corrected chi connectivity index (χ0v) is 12.7. The molecule has 1 N–H and O–H groups in total. The zero-order chi connectivity index (χ0) is 14.5. The van der Waals surface area contributed by atoms with Gasteiger partial charge in [-0.15, -0.1) is 0 Å². The van der Waals surface area contributed by atoms with Gasteiger partial charge in [-0.1, -0.05) is 37.4 Å². The van der Waals surface area contributed by atoms with Crippen LogP contribution in [0.1, 0.15) is 49.4 Å². The van der Waals surface area contributed by atoms with Crippen LogP contribution in [0.5, 0.6) is 0 Å². The predicted molar refractivity (Wildman–Crippen MR) is 82.9 cm³/mol. The lowest BCUT2D eigenvalue weighted by molar-refractivity contribution is 0.0697. The number of carbonyl (C=O) groups is 1. The molecular formula is C16H22ClNO2. The number of nitrogens with zero attached hydrogens (tertiary/aromatic N) is 1. The first kappa shape index (κ1) is 15.2. The number of rotatable bonds is 4. The van der Waals surface area contributed by atoms with E-state index in [-0.39, 0.29) is 0 Å². The van der Waals surface area contributed by atoms with Crippen LogP contribution in [0.25, 0.3) is 0 Å². The summed E-state index contributed by atoms with van der Waals surface area (Å²) in [5, 5.41) is 9.88. The van der Waals surface area contributed by atoms with Crippen molar-refractivity contribution in [2.45, 2.75) is 39.0 Å². The number of aromatic carboxylic acids is 1. The van der Waals surface area contributed by atoms with Gasteiger partial charge in [-0.25, -0.2) is 4.79 Å². The lowest BCUT2D eigenvalue weighted by Crippen LogP contribution is -2.26. The lowest BCUT2D eigenvalue weighted by atomic mass is 9.96. The molecule has 1 aromatic rings. The molecule has 1 aliphatic heterocycles. The molecular weight excluding hydrogens is 274 g/mol. The predicted octanol–water partition coefficient (Wildman–Crippen LogP) is 4.44. The topological polar surface area (TPSA) is 40.5 Å². The number of carboxylic acids is 1. The van der Waals surface area contributed by atoms with Crippen molar-refractivity contribution in [3.05, 3.63) is 28.8 Å². The molecule has 1 saturated heterocycles. The molecule has 0 aliphatic carbocycles. The molecule has 1 fully saturated rings. The van der Waals surface area contributed by atoms with Gasteiger partial charge in [-0.05, 0) is 37.3 Å². The minimum Gasteiger partial charge on any atom is -0.478 e. The Kier molecular flexibility index (Phi) is 5.30. The number of hydrogen-bond donors (Lipinski definition) is 1. The van der Waals surface area contributed by atoms with Crippen molar-refractivity contribution >= 4 is 23.3 Å². The molecule has 0 bridgehead atoms. The Bertz CT molecular complexity index is 476. The highest BCUT2D eigenvalue weighted by Gasteiger charge is 2.22. The van der Waals surface area contributed by atoms with Gasteiger partial charge in [-0.3, -0.25) is 0 Å². The Balaban J connectivity index is 2.21. The first-order chi connectivity index (χ1) is 9.63. The standard InChI is InChI=1S/C16H22ClNO2/c1-2-5-12-6-4-10-18(11-9-12)15-13(16(19)20)7-3-8-14(15)17/h3,7-8,12H,2,4-6,9-11H2,1H3,(H,19,20). The summed E-state index contributed by atoms with van der Waals surface area (Å²) in [5.41, 5.74) is 1.00. The summed E-state index contributed by atoms with van der Waals surface area (Å²) in [6.45, 7) is 4.01. The monoisotopic (exact) mass is 295 g/mol. The number of anilines is 1. The first-order valence-electron chi connectivity index (χ1n) is 7.40. The number of carboxylic acid groups (broad SMARTS) is 1. The Morgan fingerprint density at radius 2 is 2.20 bits per heavy atom. The second kappa shape index (κ2) is 6.98. The third kappa shape index (κ3) is 3.45. The number of benzene rings is 1. The summed E-state index contributed by atoms with van der Waals surface area (Å²) in [4.78, 5) is 13.5. The average molecular weight is 296 g/mol. The Morgan fingerprint density at radius 1 is 1.40 bits per heavy atom. The largest absolute Gasteiger partial charge is 0.478 e. The van der Waals surface area contributed by atoms with E-state index in [1.807, 2.05) is 0 Å². The fourth-order valence-corrected chi connectivity index (χ4v) is 3.39. The third-order valence-electron chi connectivity index (χ3n) is 4.08. The smallest absolute Gasteiger partial charge is 0.337 e. The molecule has 2 rings (SSSR count). The second-order valence-electron chi connectivity index (χ2n) is 5.51. The molecule has 1 unspecified atom stereocenters. The fraction of sp³-hybridized carbons (Fsp3) is 0.562. The van der Waals surface area contributed by atoms with Gasteiger partial charge in [-0.2, -0.15) is 0 Å². The van der Waals surface area contributed by atoms with Gasteiger partial charge < -0.3 is 10.0 Å². The fourth-order valence-electron chi connectivity index (χ4n) is 3.10. The zero-order valence-electron chi connectivity index (χ0n) is 11.9. The molecule has 1 heterocycles. The van der Waals surface area contributed by atoms with Gasteiger partial charge in [0.2, 0.25) is 0 Å². The van der Waals surface area contributed by atoms with E-state index in [0.29, 0.717) is 16.3 Å². The molecule has 3 nitrogen and oxygen atoms in total. The summed E-state index contributed by atoms with van der Waals surface area (Å²) >= 11 is 6.25. The van der Waals surface area contributed by atoms with E-state index in [9.17, 15) is 9.90 Å². The molecule has 1 atom stereocenters. The lowest BCUT2D eigenvalue weighted by Gasteiger charge is -2.25. The molecule has 1 aromatic carbocycles. The van der Waals surface area contributed by atoms with Gasteiger partial charge in [0.1, 0.15) is 0 Å². The van der Waals surface area contributed by atoms with Gasteiger partial charge in [0.05, 0.1) is 16.3 Å². The molecule has 4 heteroatoms. The van der Waals surface area contributed by atoms with Crippen molar-refractivity contribution in [2.75, 3.05) is 18.0 Å². The highest BCUT2D eigenvalue weighted by atomic mass is 35.5. The maximum Gasteiger partial charge on any atom is 0.337 e. The van der Waals surface area contributed by atoms with Crippen molar-refractivity contribution in [3.63, 3.8) is 0 Å². The van der Waals surface area contributed by atoms with E-state index in [1.54, 1.807) is 18.2 Å². The summed E-state index contributed by atoms with van der Waals surface area (Å²) in [6.07, 6.45) is 5.95. The molecule has 0 aromatic heterocycles. The molecule has 110 valence electrons. The van der Waals surface area contributed by atoms with Crippen LogP contribution in [0.15, 0.2) is 18.2 Å². The Hall–Kier alpha value is -1.22. The number of hydrogen-bond acceptors (Lipinski definition) is 2. The van der Waals surface area contributed by atoms with E-state index in [2.05, 4.69) is 11.8 Å². The van der Waals surface area contributed by atoms with Crippen molar-refractivity contribution < 1.29 is 9.90 Å². The van der Waals surface area contributed by atoms with Gasteiger partial charge in [0.15, 0.2) is 0 Å². The average Bonchev–Trinajstić information content (AvgIpc) is 2.64. The molecule has 0 saturated carbocycles. The summed E-state index contributed by atoms with van der Waals surface area (Å²) in [5.74, 6) is -0.141. The minimum absolute atomic E-state index is 0.312. The summed E-state index contributed by atoms with van der Waals surface area (Å²) < 4.78 is 0. The van der Waals surface area contributed by atoms with Crippen molar-refractivity contribution in [2.24, 2.45) is 5.92 Å². The highest BCUT2D eigenvalue weighted by Crippen LogP contribution is 2.33. The molecule has 0 radical (unpaired) electrons. The summed E-state index contributed by atoms with van der Waals surface area (Å²) in [6, 6.07) is 5.11. The molecule has 0 spiro atoms. The number of para-hydroxylation sites is 1. The van der Waals surface area contributed by atoms with Crippen LogP contribution in [0.4, 0.5) is 5.69 Å². The van der Waals surface area contributed by atoms with Crippen LogP contribution in [-0.2, 0) is 0 Å². The minimum atomic E-state index is -0.906.